The minimum absolute atomic E-state index is 0.194. The zero-order chi connectivity index (χ0) is 40.1. The molecule has 0 spiro atoms. The number of rotatable bonds is 6. The summed E-state index contributed by atoms with van der Waals surface area (Å²) in [5.74, 6) is -3.08. The van der Waals surface area contributed by atoms with E-state index in [1.54, 1.807) is 0 Å². The number of anilines is 4. The van der Waals surface area contributed by atoms with Crippen molar-refractivity contribution >= 4 is 69.6 Å². The van der Waals surface area contributed by atoms with E-state index in [-0.39, 0.29) is 5.34 Å². The molecule has 6 rings (SSSR count). The van der Waals surface area contributed by atoms with Gasteiger partial charge in [0.25, 0.3) is 0 Å². The lowest BCUT2D eigenvalue weighted by Gasteiger charge is -2.39. The van der Waals surface area contributed by atoms with Crippen LogP contribution in [0.2, 0.25) is 0 Å². The predicted molar refractivity (Wildman–Crippen MR) is 218 cm³/mol. The number of hydrogen-bond acceptors (Lipinski definition) is 5. The average Bonchev–Trinajstić information content (AvgIpc) is 3.40. The monoisotopic (exact) mass is 770 g/mol. The van der Waals surface area contributed by atoms with Crippen molar-refractivity contribution in [3.05, 3.63) is 115 Å². The van der Waals surface area contributed by atoms with Crippen molar-refractivity contribution < 1.29 is 23.9 Å². The summed E-state index contributed by atoms with van der Waals surface area (Å²) in [5, 5.41) is 0.194. The first kappa shape index (κ1) is 40.5. The van der Waals surface area contributed by atoms with Crippen LogP contribution in [-0.4, -0.2) is 41.7 Å². The lowest BCUT2D eigenvalue weighted by atomic mass is 10.0. The lowest BCUT2D eigenvalue weighted by molar-refractivity contribution is -0.133. The number of carbonyl (C=O) groups excluding carboxylic acids is 4. The fourth-order valence-corrected chi connectivity index (χ4v) is 8.45. The molecule has 11 heteroatoms. The molecule has 284 valence electrons. The number of ether oxygens (including phenoxy) is 1. The number of carbonyl (C=O) groups is 4. The van der Waals surface area contributed by atoms with Gasteiger partial charge in [0, 0.05) is 0 Å². The maximum atomic E-state index is 14.4. The summed E-state index contributed by atoms with van der Waals surface area (Å²) in [6.07, 6.45) is -2.73. The van der Waals surface area contributed by atoms with E-state index in [2.05, 4.69) is 0 Å². The maximum Gasteiger partial charge on any atom is 0.320 e. The Morgan fingerprint density at radius 2 is 0.537 bits per heavy atom. The molecule has 0 saturated carbocycles. The highest BCUT2D eigenvalue weighted by atomic mass is 35.5. The van der Waals surface area contributed by atoms with E-state index in [0.717, 1.165) is 66.8 Å². The minimum atomic E-state index is -1.36. The summed E-state index contributed by atoms with van der Waals surface area (Å²) < 4.78 is 7.10. The minimum Gasteiger partial charge on any atom is -0.296 e. The van der Waals surface area contributed by atoms with Gasteiger partial charge >= 0.3 is 23.6 Å². The molecule has 0 unspecified atom stereocenters. The van der Waals surface area contributed by atoms with E-state index in [9.17, 15) is 19.2 Å². The van der Waals surface area contributed by atoms with E-state index < -0.39 is 36.3 Å². The van der Waals surface area contributed by atoms with Crippen molar-refractivity contribution in [2.75, 3.05) is 24.9 Å². The van der Waals surface area contributed by atoms with Crippen LogP contribution in [0, 0.1) is 83.1 Å². The molecule has 54 heavy (non-hydrogen) atoms. The summed E-state index contributed by atoms with van der Waals surface area (Å²) >= 11 is 9.53. The van der Waals surface area contributed by atoms with Gasteiger partial charge in [-0.15, -0.1) is 23.2 Å². The van der Waals surface area contributed by atoms with Gasteiger partial charge in [0.2, 0.25) is 12.7 Å². The van der Waals surface area contributed by atoms with Gasteiger partial charge in [-0.05, 0) is 128 Å². The van der Waals surface area contributed by atoms with Gasteiger partial charge in [0.15, 0.2) is 0 Å². The van der Waals surface area contributed by atoms with E-state index >= 15 is 0 Å². The third-order valence-electron chi connectivity index (χ3n) is 9.87. The second kappa shape index (κ2) is 15.6. The first-order valence-electron chi connectivity index (χ1n) is 17.8. The molecule has 2 aliphatic heterocycles. The molecule has 2 saturated heterocycles. The molecule has 4 aromatic carbocycles. The second-order valence-electron chi connectivity index (χ2n) is 14.6. The van der Waals surface area contributed by atoms with Gasteiger partial charge in [0.1, 0.15) is 0 Å². The molecule has 2 heterocycles. The SMILES string of the molecule is Cc1cc(C)c(N2C(=O)C(=O)N(c3c(C)cc(C)cc3C)C2OC2N(c3c(C)cc(C)cc3C)C(=O)C(=O)N2c2c(C)cc(C)cc2C)c(C)c1.ClCCl. The standard InChI is InChI=1S/C42H46N4O5.CH2Cl2/c1-21-13-25(5)33(26(6)14-21)43-37(47)38(48)44(34-27(7)15-22(2)16-28(34)8)41(43)51-42-45(35-29(9)17-23(3)18-30(35)10)39(49)40(50)46(42)36-31(11)19-24(4)20-32(36)12;2-1-3/h13-20,41-42H,1-12H3;1H2. The molecular weight excluding hydrogens is 723 g/mol. The van der Waals surface area contributed by atoms with Gasteiger partial charge in [-0.3, -0.25) is 43.5 Å². The highest BCUT2D eigenvalue weighted by molar-refractivity contribution is 6.49. The summed E-state index contributed by atoms with van der Waals surface area (Å²) in [4.78, 5) is 63.0. The molecule has 0 aliphatic carbocycles. The van der Waals surface area contributed by atoms with Crippen molar-refractivity contribution in [2.24, 2.45) is 0 Å². The number of amides is 4. The summed E-state index contributed by atoms with van der Waals surface area (Å²) in [7, 11) is 0. The van der Waals surface area contributed by atoms with Crippen molar-refractivity contribution in [1.82, 2.24) is 0 Å². The molecule has 2 fully saturated rings. The normalized spacial score (nSPS) is 15.2. The molecule has 4 amide bonds. The first-order valence-corrected chi connectivity index (χ1v) is 18.8. The number of benzene rings is 4. The molecule has 9 nitrogen and oxygen atoms in total. The Morgan fingerprint density at radius 1 is 0.389 bits per heavy atom. The molecule has 4 aromatic rings. The predicted octanol–water partition coefficient (Wildman–Crippen LogP) is 8.85. The van der Waals surface area contributed by atoms with Crippen LogP contribution < -0.4 is 19.6 Å². The Kier molecular flexibility index (Phi) is 11.7. The van der Waals surface area contributed by atoms with Crippen molar-refractivity contribution in [3.8, 4) is 0 Å². The van der Waals surface area contributed by atoms with Gasteiger partial charge in [-0.1, -0.05) is 70.8 Å². The zero-order valence-electron chi connectivity index (χ0n) is 33.1. The third kappa shape index (κ3) is 7.12. The van der Waals surface area contributed by atoms with Crippen molar-refractivity contribution in [1.29, 1.82) is 0 Å². The van der Waals surface area contributed by atoms with Gasteiger partial charge < -0.3 is 0 Å². The topological polar surface area (TPSA) is 90.5 Å². The van der Waals surface area contributed by atoms with E-state index in [1.807, 2.05) is 132 Å². The Labute approximate surface area is 328 Å². The number of hydrogen-bond donors (Lipinski definition) is 0. The third-order valence-corrected chi connectivity index (χ3v) is 9.87. The number of nitrogens with zero attached hydrogens (tertiary/aromatic N) is 4. The lowest BCUT2D eigenvalue weighted by Crippen LogP contribution is -2.53. The Bertz CT molecular complexity index is 1820. The van der Waals surface area contributed by atoms with Crippen LogP contribution in [0.5, 0.6) is 0 Å². The van der Waals surface area contributed by atoms with Crippen LogP contribution in [0.3, 0.4) is 0 Å². The van der Waals surface area contributed by atoms with Crippen LogP contribution in [0.15, 0.2) is 48.5 Å². The fraction of sp³-hybridized carbons (Fsp3) is 0.349. The quantitative estimate of drug-likeness (QED) is 0.144. The van der Waals surface area contributed by atoms with Crippen LogP contribution in [-0.2, 0) is 23.9 Å². The number of halogens is 2. The van der Waals surface area contributed by atoms with E-state index in [0.29, 0.717) is 22.7 Å². The second-order valence-corrected chi connectivity index (χ2v) is 15.4. The van der Waals surface area contributed by atoms with Crippen LogP contribution in [0.1, 0.15) is 66.8 Å². The average molecular weight is 772 g/mol. The fourth-order valence-electron chi connectivity index (χ4n) is 8.45. The molecular formula is C43H48Cl2N4O5. The first-order chi connectivity index (χ1) is 25.3. The van der Waals surface area contributed by atoms with Gasteiger partial charge in [-0.2, -0.15) is 0 Å². The van der Waals surface area contributed by atoms with Crippen LogP contribution in [0.25, 0.3) is 0 Å². The number of aryl methyl sites for hydroxylation is 12. The Morgan fingerprint density at radius 3 is 0.685 bits per heavy atom. The summed E-state index contributed by atoms with van der Waals surface area (Å²) in [6.45, 7) is 23.1. The molecule has 0 aromatic heterocycles. The van der Waals surface area contributed by atoms with Crippen LogP contribution >= 0.6 is 23.2 Å². The maximum absolute atomic E-state index is 14.4. The smallest absolute Gasteiger partial charge is 0.296 e. The summed E-state index contributed by atoms with van der Waals surface area (Å²) in [6, 6.07) is 15.7. The zero-order valence-corrected chi connectivity index (χ0v) is 34.6. The van der Waals surface area contributed by atoms with Crippen LogP contribution in [0.4, 0.5) is 22.7 Å². The summed E-state index contributed by atoms with van der Waals surface area (Å²) in [5.41, 5.74) is 12.4. The highest BCUT2D eigenvalue weighted by Crippen LogP contribution is 2.43. The molecule has 0 atom stereocenters. The van der Waals surface area contributed by atoms with E-state index in [1.165, 1.54) is 19.6 Å². The molecule has 2 aliphatic rings. The Hall–Kier alpha value is -4.70. The largest absolute Gasteiger partial charge is 0.320 e. The van der Waals surface area contributed by atoms with Crippen molar-refractivity contribution in [3.63, 3.8) is 0 Å². The van der Waals surface area contributed by atoms with Crippen molar-refractivity contribution in [2.45, 2.75) is 95.8 Å². The molecule has 0 radical (unpaired) electrons. The number of alkyl halides is 2. The van der Waals surface area contributed by atoms with E-state index in [4.69, 9.17) is 27.9 Å². The van der Waals surface area contributed by atoms with Gasteiger partial charge in [0.05, 0.1) is 28.1 Å². The Balaban J connectivity index is 0.00000181. The van der Waals surface area contributed by atoms with Gasteiger partial charge in [-0.25, -0.2) is 0 Å². The molecule has 0 N–H and O–H groups in total. The highest BCUT2D eigenvalue weighted by Gasteiger charge is 2.55. The molecule has 0 bridgehead atoms.